The topological polar surface area (TPSA) is 54.9 Å². The second-order valence-electron chi connectivity index (χ2n) is 6.28. The smallest absolute Gasteiger partial charge is 0.231 e. The maximum atomic E-state index is 12.7. The molecule has 2 aromatic heterocycles. The van der Waals surface area contributed by atoms with Crippen LogP contribution in [0.4, 0.5) is 5.69 Å². The standard InChI is InChI=1S/C22H19N3OS/c1-2-18(15-7-4-3-5-8-15)20(26)24-17-12-10-16(11-13-17)21-25-19-9-6-14-23-22(19)27-21/h3-14,18H,2H2,1H3,(H,24,26). The molecule has 1 unspecified atom stereocenters. The number of hydrogen-bond donors (Lipinski definition) is 1. The summed E-state index contributed by atoms with van der Waals surface area (Å²) in [5.41, 5.74) is 3.75. The van der Waals surface area contributed by atoms with Gasteiger partial charge in [0.05, 0.1) is 5.92 Å². The number of pyridine rings is 1. The lowest BCUT2D eigenvalue weighted by molar-refractivity contribution is -0.117. The highest BCUT2D eigenvalue weighted by Crippen LogP contribution is 2.29. The maximum Gasteiger partial charge on any atom is 0.231 e. The highest BCUT2D eigenvalue weighted by molar-refractivity contribution is 7.21. The van der Waals surface area contributed by atoms with Gasteiger partial charge in [-0.3, -0.25) is 4.79 Å². The monoisotopic (exact) mass is 373 g/mol. The van der Waals surface area contributed by atoms with E-state index in [1.165, 1.54) is 0 Å². The second-order valence-corrected chi connectivity index (χ2v) is 7.26. The summed E-state index contributed by atoms with van der Waals surface area (Å²) in [4.78, 5) is 22.6. The molecule has 0 spiro atoms. The van der Waals surface area contributed by atoms with Crippen molar-refractivity contribution in [2.75, 3.05) is 5.32 Å². The van der Waals surface area contributed by atoms with Crippen LogP contribution in [-0.4, -0.2) is 15.9 Å². The molecule has 27 heavy (non-hydrogen) atoms. The SMILES string of the molecule is CCC(C(=O)Nc1ccc(-c2nc3cccnc3s2)cc1)c1ccccc1. The Morgan fingerprint density at radius 3 is 2.52 bits per heavy atom. The zero-order chi connectivity index (χ0) is 18.6. The normalized spacial score (nSPS) is 12.0. The third-order valence-electron chi connectivity index (χ3n) is 4.49. The lowest BCUT2D eigenvalue weighted by Crippen LogP contribution is -2.20. The highest BCUT2D eigenvalue weighted by Gasteiger charge is 2.18. The minimum Gasteiger partial charge on any atom is -0.326 e. The van der Waals surface area contributed by atoms with E-state index in [-0.39, 0.29) is 11.8 Å². The van der Waals surface area contributed by atoms with Crippen LogP contribution >= 0.6 is 11.3 Å². The van der Waals surface area contributed by atoms with E-state index in [0.717, 1.165) is 38.6 Å². The van der Waals surface area contributed by atoms with Gasteiger partial charge in [-0.2, -0.15) is 0 Å². The van der Waals surface area contributed by atoms with Crippen LogP contribution in [0.5, 0.6) is 0 Å². The van der Waals surface area contributed by atoms with Gasteiger partial charge >= 0.3 is 0 Å². The third kappa shape index (κ3) is 3.73. The molecule has 1 atom stereocenters. The first-order valence-corrected chi connectivity index (χ1v) is 9.74. The lowest BCUT2D eigenvalue weighted by atomic mass is 9.95. The first kappa shape index (κ1) is 17.4. The van der Waals surface area contributed by atoms with Crippen LogP contribution in [0.3, 0.4) is 0 Å². The summed E-state index contributed by atoms with van der Waals surface area (Å²) < 4.78 is 0. The van der Waals surface area contributed by atoms with Crippen LogP contribution in [-0.2, 0) is 4.79 Å². The molecule has 0 aliphatic carbocycles. The molecule has 1 amide bonds. The number of nitrogens with one attached hydrogen (secondary N) is 1. The zero-order valence-corrected chi connectivity index (χ0v) is 15.7. The number of carbonyl (C=O) groups is 1. The molecule has 0 aliphatic heterocycles. The number of rotatable bonds is 5. The molecule has 134 valence electrons. The Morgan fingerprint density at radius 2 is 1.81 bits per heavy atom. The predicted octanol–water partition coefficient (Wildman–Crippen LogP) is 5.49. The lowest BCUT2D eigenvalue weighted by Gasteiger charge is -2.15. The average molecular weight is 373 g/mol. The second kappa shape index (κ2) is 7.68. The molecule has 0 saturated heterocycles. The van der Waals surface area contributed by atoms with Crippen molar-refractivity contribution in [3.8, 4) is 10.6 Å². The number of carbonyl (C=O) groups excluding carboxylic acids is 1. The van der Waals surface area contributed by atoms with E-state index >= 15 is 0 Å². The molecule has 4 aromatic rings. The van der Waals surface area contributed by atoms with Gasteiger partial charge in [0.15, 0.2) is 0 Å². The summed E-state index contributed by atoms with van der Waals surface area (Å²) >= 11 is 1.57. The fourth-order valence-corrected chi connectivity index (χ4v) is 3.99. The van der Waals surface area contributed by atoms with E-state index in [0.29, 0.717) is 0 Å². The number of aromatic nitrogens is 2. The van der Waals surface area contributed by atoms with Gasteiger partial charge in [-0.25, -0.2) is 9.97 Å². The van der Waals surface area contributed by atoms with Gasteiger partial charge in [-0.1, -0.05) is 48.6 Å². The average Bonchev–Trinajstić information content (AvgIpc) is 3.14. The Balaban J connectivity index is 1.51. The first-order valence-electron chi connectivity index (χ1n) is 8.92. The van der Waals surface area contributed by atoms with Crippen molar-refractivity contribution in [2.24, 2.45) is 0 Å². The number of hydrogen-bond acceptors (Lipinski definition) is 4. The fraction of sp³-hybridized carbons (Fsp3) is 0.136. The summed E-state index contributed by atoms with van der Waals surface area (Å²) in [7, 11) is 0. The Bertz CT molecular complexity index is 1020. The predicted molar refractivity (Wildman–Crippen MR) is 111 cm³/mol. The number of fused-ring (bicyclic) bond motifs is 1. The molecule has 0 bridgehead atoms. The highest BCUT2D eigenvalue weighted by atomic mass is 32.1. The maximum absolute atomic E-state index is 12.7. The Hall–Kier alpha value is -3.05. The largest absolute Gasteiger partial charge is 0.326 e. The van der Waals surface area contributed by atoms with Crippen molar-refractivity contribution in [1.82, 2.24) is 9.97 Å². The summed E-state index contributed by atoms with van der Waals surface area (Å²) in [6.07, 6.45) is 2.53. The quantitative estimate of drug-likeness (QED) is 0.503. The number of thiazole rings is 1. The number of benzene rings is 2. The summed E-state index contributed by atoms with van der Waals surface area (Å²) in [5.74, 6) is -0.137. The molecular formula is C22H19N3OS. The molecule has 0 fully saturated rings. The Labute approximate surface area is 161 Å². The van der Waals surface area contributed by atoms with E-state index in [1.54, 1.807) is 17.5 Å². The Kier molecular flexibility index (Phi) is 4.94. The van der Waals surface area contributed by atoms with Gasteiger partial charge in [-0.15, -0.1) is 0 Å². The van der Waals surface area contributed by atoms with Crippen LogP contribution in [0.25, 0.3) is 20.9 Å². The summed E-state index contributed by atoms with van der Waals surface area (Å²) in [5, 5.41) is 3.96. The van der Waals surface area contributed by atoms with Crippen LogP contribution < -0.4 is 5.32 Å². The van der Waals surface area contributed by atoms with Crippen molar-refractivity contribution >= 4 is 33.3 Å². The zero-order valence-electron chi connectivity index (χ0n) is 14.9. The molecular weight excluding hydrogens is 354 g/mol. The van der Waals surface area contributed by atoms with Gasteiger partial charge in [0.2, 0.25) is 5.91 Å². The number of nitrogens with zero attached hydrogens (tertiary/aromatic N) is 2. The van der Waals surface area contributed by atoms with Crippen LogP contribution in [0, 0.1) is 0 Å². The van der Waals surface area contributed by atoms with Crippen LogP contribution in [0.2, 0.25) is 0 Å². The van der Waals surface area contributed by atoms with Crippen LogP contribution in [0.15, 0.2) is 72.9 Å². The molecule has 4 rings (SSSR count). The Morgan fingerprint density at radius 1 is 1.04 bits per heavy atom. The minimum absolute atomic E-state index is 0.0145. The molecule has 5 heteroatoms. The van der Waals surface area contributed by atoms with Gasteiger partial charge in [0.25, 0.3) is 0 Å². The molecule has 2 aromatic carbocycles. The van der Waals surface area contributed by atoms with Gasteiger partial charge in [0.1, 0.15) is 15.4 Å². The van der Waals surface area contributed by atoms with E-state index in [1.807, 2.05) is 73.7 Å². The molecule has 0 saturated carbocycles. The van der Waals surface area contributed by atoms with E-state index < -0.39 is 0 Å². The van der Waals surface area contributed by atoms with E-state index in [4.69, 9.17) is 0 Å². The van der Waals surface area contributed by atoms with Crippen molar-refractivity contribution in [2.45, 2.75) is 19.3 Å². The molecule has 2 heterocycles. The minimum atomic E-state index is -0.152. The van der Waals surface area contributed by atoms with Crippen molar-refractivity contribution in [3.63, 3.8) is 0 Å². The van der Waals surface area contributed by atoms with Crippen molar-refractivity contribution in [3.05, 3.63) is 78.5 Å². The van der Waals surface area contributed by atoms with Gasteiger partial charge in [-0.05, 0) is 48.4 Å². The molecule has 4 nitrogen and oxygen atoms in total. The van der Waals surface area contributed by atoms with Gasteiger partial charge < -0.3 is 5.32 Å². The van der Waals surface area contributed by atoms with Crippen LogP contribution in [0.1, 0.15) is 24.8 Å². The summed E-state index contributed by atoms with van der Waals surface area (Å²) in [6.45, 7) is 2.03. The van der Waals surface area contributed by atoms with Crippen molar-refractivity contribution < 1.29 is 4.79 Å². The first-order chi connectivity index (χ1) is 13.2. The van der Waals surface area contributed by atoms with Crippen molar-refractivity contribution in [1.29, 1.82) is 0 Å². The molecule has 1 N–H and O–H groups in total. The third-order valence-corrected chi connectivity index (χ3v) is 5.52. The molecule has 0 radical (unpaired) electrons. The summed E-state index contributed by atoms with van der Waals surface area (Å²) in [6, 6.07) is 21.6. The van der Waals surface area contributed by atoms with E-state index in [2.05, 4.69) is 15.3 Å². The fourth-order valence-electron chi connectivity index (χ4n) is 3.08. The number of anilines is 1. The molecule has 0 aliphatic rings. The van der Waals surface area contributed by atoms with Gasteiger partial charge in [0, 0.05) is 17.4 Å². The number of amides is 1. The van der Waals surface area contributed by atoms with E-state index in [9.17, 15) is 4.79 Å².